The van der Waals surface area contributed by atoms with Gasteiger partial charge in [-0.1, -0.05) is 59.3 Å². The van der Waals surface area contributed by atoms with Crippen molar-refractivity contribution in [2.75, 3.05) is 0 Å². The number of aromatic nitrogens is 2. The van der Waals surface area contributed by atoms with Crippen molar-refractivity contribution in [1.29, 1.82) is 0 Å². The topological polar surface area (TPSA) is 158 Å². The van der Waals surface area contributed by atoms with Gasteiger partial charge in [0, 0.05) is 22.3 Å². The number of aliphatic carboxylic acids is 2. The number of ether oxygens (including phenoxy) is 2. The molecule has 2 aromatic heterocycles. The highest BCUT2D eigenvalue weighted by Gasteiger charge is 2.41. The first-order chi connectivity index (χ1) is 21.6. The standard InChI is InChI=1S/C18H14O8.C14H12Br2N2O/c19-15(20)13(25-17(23)11-7-3-1-4-8-11)14(16(21)22)26-18(24)12-9-5-2-6-10-12;1-2-12(18-4-3-17-8-18)13-6-9-5-10(15)7-11(16)14(9)19-13/h1-10,13-14H,(H,19,20)(H,21,22);3-8,12H,2H2,1H3/t13-,14-;/m1./s1. The van der Waals surface area contributed by atoms with Crippen molar-refractivity contribution in [3.63, 3.8) is 0 Å². The van der Waals surface area contributed by atoms with E-state index in [0.717, 1.165) is 32.1 Å². The van der Waals surface area contributed by atoms with Crippen LogP contribution in [0.2, 0.25) is 0 Å². The molecule has 5 aromatic rings. The fraction of sp³-hybridized carbons (Fsp3) is 0.156. The number of carboxylic acid groups (broad SMARTS) is 2. The SMILES string of the molecule is CCC(c1cc2cc(Br)cc(Br)c2o1)n1ccnc1.O=C(O[C@@H](C(=O)O)[C@@H](OC(=O)c1ccccc1)C(=O)O)c1ccccc1. The molecule has 0 saturated heterocycles. The molecule has 0 fully saturated rings. The molecule has 232 valence electrons. The highest BCUT2D eigenvalue weighted by Crippen LogP contribution is 2.34. The highest BCUT2D eigenvalue weighted by molar-refractivity contribution is 9.11. The Bertz CT molecular complexity index is 1710. The van der Waals surface area contributed by atoms with Crippen molar-refractivity contribution in [2.24, 2.45) is 0 Å². The molecule has 2 heterocycles. The Labute approximate surface area is 273 Å². The lowest BCUT2D eigenvalue weighted by Crippen LogP contribution is -2.45. The molecular weight excluding hydrogens is 716 g/mol. The zero-order chi connectivity index (χ0) is 32.5. The summed E-state index contributed by atoms with van der Waals surface area (Å²) in [7, 11) is 0. The fourth-order valence-corrected chi connectivity index (χ4v) is 5.61. The van der Waals surface area contributed by atoms with Gasteiger partial charge in [-0.3, -0.25) is 0 Å². The molecule has 0 bridgehead atoms. The first kappa shape index (κ1) is 33.1. The molecule has 1 unspecified atom stereocenters. The second-order valence-corrected chi connectivity index (χ2v) is 11.2. The van der Waals surface area contributed by atoms with E-state index in [9.17, 15) is 29.4 Å². The highest BCUT2D eigenvalue weighted by atomic mass is 79.9. The number of benzene rings is 3. The van der Waals surface area contributed by atoms with Crippen LogP contribution in [0.4, 0.5) is 0 Å². The van der Waals surface area contributed by atoms with Crippen LogP contribution in [0.3, 0.4) is 0 Å². The zero-order valence-electron chi connectivity index (χ0n) is 23.6. The van der Waals surface area contributed by atoms with E-state index >= 15 is 0 Å². The second kappa shape index (κ2) is 15.3. The van der Waals surface area contributed by atoms with Crippen LogP contribution in [0, 0.1) is 0 Å². The number of rotatable bonds is 10. The zero-order valence-corrected chi connectivity index (χ0v) is 26.8. The predicted molar refractivity (Wildman–Crippen MR) is 169 cm³/mol. The van der Waals surface area contributed by atoms with E-state index < -0.39 is 36.1 Å². The van der Waals surface area contributed by atoms with Gasteiger partial charge in [0.1, 0.15) is 11.3 Å². The van der Waals surface area contributed by atoms with E-state index in [2.05, 4.69) is 60.5 Å². The van der Waals surface area contributed by atoms with E-state index in [0.29, 0.717) is 0 Å². The summed E-state index contributed by atoms with van der Waals surface area (Å²) in [6.07, 6.45) is 2.10. The Hall–Kier alpha value is -4.75. The van der Waals surface area contributed by atoms with Crippen LogP contribution in [-0.2, 0) is 19.1 Å². The van der Waals surface area contributed by atoms with Crippen molar-refractivity contribution in [2.45, 2.75) is 31.6 Å². The lowest BCUT2D eigenvalue weighted by Gasteiger charge is -2.21. The number of fused-ring (bicyclic) bond motifs is 1. The molecule has 5 rings (SSSR count). The first-order valence-electron chi connectivity index (χ1n) is 13.4. The number of halogens is 2. The molecule has 3 aromatic carbocycles. The van der Waals surface area contributed by atoms with Crippen LogP contribution in [0.15, 0.2) is 111 Å². The molecule has 0 amide bonds. The lowest BCUT2D eigenvalue weighted by molar-refractivity contribution is -0.166. The Morgan fingerprint density at radius 2 is 1.38 bits per heavy atom. The van der Waals surface area contributed by atoms with Gasteiger partial charge in [-0.15, -0.1) is 0 Å². The van der Waals surface area contributed by atoms with Gasteiger partial charge >= 0.3 is 23.9 Å². The summed E-state index contributed by atoms with van der Waals surface area (Å²) in [5, 5.41) is 19.6. The number of esters is 2. The molecule has 13 heteroatoms. The monoisotopic (exact) mass is 740 g/mol. The van der Waals surface area contributed by atoms with Gasteiger partial charge in [0.15, 0.2) is 0 Å². The molecule has 0 aliphatic rings. The maximum Gasteiger partial charge on any atom is 0.349 e. The summed E-state index contributed by atoms with van der Waals surface area (Å²) >= 11 is 7.04. The number of nitrogens with zero attached hydrogens (tertiary/aromatic N) is 2. The van der Waals surface area contributed by atoms with Gasteiger partial charge in [0.05, 0.1) is 28.0 Å². The van der Waals surface area contributed by atoms with Gasteiger partial charge < -0.3 is 28.7 Å². The molecule has 0 spiro atoms. The Morgan fingerprint density at radius 3 is 1.82 bits per heavy atom. The van der Waals surface area contributed by atoms with Gasteiger partial charge in [-0.25, -0.2) is 24.2 Å². The van der Waals surface area contributed by atoms with Crippen LogP contribution in [-0.4, -0.2) is 55.8 Å². The Morgan fingerprint density at radius 1 is 0.844 bits per heavy atom. The lowest BCUT2D eigenvalue weighted by atomic mass is 10.1. The normalized spacial score (nSPS) is 12.7. The van der Waals surface area contributed by atoms with Gasteiger partial charge in [-0.05, 0) is 64.8 Å². The first-order valence-corrected chi connectivity index (χ1v) is 15.0. The van der Waals surface area contributed by atoms with Crippen molar-refractivity contribution >= 4 is 66.7 Å². The van der Waals surface area contributed by atoms with E-state index in [-0.39, 0.29) is 17.2 Å². The minimum absolute atomic E-state index is 0.0253. The molecule has 0 radical (unpaired) electrons. The van der Waals surface area contributed by atoms with Gasteiger partial charge in [0.25, 0.3) is 0 Å². The van der Waals surface area contributed by atoms with E-state index in [1.54, 1.807) is 18.3 Å². The maximum absolute atomic E-state index is 12.0. The number of furan rings is 1. The number of carbonyl (C=O) groups is 4. The van der Waals surface area contributed by atoms with Crippen LogP contribution in [0.1, 0.15) is 45.9 Å². The molecule has 3 atom stereocenters. The summed E-state index contributed by atoms with van der Waals surface area (Å²) in [5.74, 6) is -4.68. The summed E-state index contributed by atoms with van der Waals surface area (Å²) in [6, 6.07) is 21.2. The van der Waals surface area contributed by atoms with E-state index in [1.165, 1.54) is 48.5 Å². The molecule has 2 N–H and O–H groups in total. The van der Waals surface area contributed by atoms with Crippen LogP contribution in [0.5, 0.6) is 0 Å². The minimum Gasteiger partial charge on any atom is -0.478 e. The number of imidazole rings is 1. The quantitative estimate of drug-likeness (QED) is 0.147. The summed E-state index contributed by atoms with van der Waals surface area (Å²) in [5.41, 5.74) is 0.936. The molecule has 11 nitrogen and oxygen atoms in total. The largest absolute Gasteiger partial charge is 0.478 e. The fourth-order valence-electron chi connectivity index (χ4n) is 4.27. The van der Waals surface area contributed by atoms with Gasteiger partial charge in [-0.2, -0.15) is 0 Å². The van der Waals surface area contributed by atoms with Crippen molar-refractivity contribution in [3.8, 4) is 0 Å². The number of hydrogen-bond donors (Lipinski definition) is 2. The average molecular weight is 742 g/mol. The number of carboxylic acids is 2. The third-order valence-electron chi connectivity index (χ3n) is 6.40. The van der Waals surface area contributed by atoms with Crippen LogP contribution >= 0.6 is 31.9 Å². The third kappa shape index (κ3) is 8.46. The number of hydrogen-bond acceptors (Lipinski definition) is 8. The summed E-state index contributed by atoms with van der Waals surface area (Å²) in [6.45, 7) is 2.14. The molecule has 45 heavy (non-hydrogen) atoms. The smallest absolute Gasteiger partial charge is 0.349 e. The van der Waals surface area contributed by atoms with Gasteiger partial charge in [0.2, 0.25) is 12.2 Å². The average Bonchev–Trinajstić information content (AvgIpc) is 3.71. The third-order valence-corrected chi connectivity index (χ3v) is 7.45. The van der Waals surface area contributed by atoms with Crippen LogP contribution in [0.25, 0.3) is 11.0 Å². The Balaban J connectivity index is 0.000000214. The van der Waals surface area contributed by atoms with Crippen molar-refractivity contribution in [1.82, 2.24) is 9.55 Å². The molecule has 0 saturated carbocycles. The van der Waals surface area contributed by atoms with E-state index in [4.69, 9.17) is 13.9 Å². The molecule has 0 aliphatic carbocycles. The molecule has 0 aliphatic heterocycles. The minimum atomic E-state index is -2.21. The second-order valence-electron chi connectivity index (χ2n) is 9.45. The maximum atomic E-state index is 12.0. The summed E-state index contributed by atoms with van der Waals surface area (Å²) in [4.78, 5) is 51.0. The predicted octanol–water partition coefficient (Wildman–Crippen LogP) is 6.76. The van der Waals surface area contributed by atoms with Crippen LogP contribution < -0.4 is 0 Å². The van der Waals surface area contributed by atoms with Crippen molar-refractivity contribution < 1.29 is 43.3 Å². The summed E-state index contributed by atoms with van der Waals surface area (Å²) < 4.78 is 19.6. The Kier molecular flexibility index (Phi) is 11.3. The molecular formula is C32H26Br2N2O9. The van der Waals surface area contributed by atoms with E-state index in [1.807, 2.05) is 18.6 Å². The van der Waals surface area contributed by atoms with Crippen molar-refractivity contribution in [3.05, 3.63) is 123 Å². The number of carbonyl (C=O) groups excluding carboxylic acids is 2.